The molecule has 8 rings (SSSR count). The van der Waals surface area contributed by atoms with E-state index in [1.165, 1.54) is 5.56 Å². The number of hydrogen-bond acceptors (Lipinski definition) is 7. The van der Waals surface area contributed by atoms with Crippen molar-refractivity contribution in [2.75, 3.05) is 13.1 Å². The third-order valence-corrected chi connectivity index (χ3v) is 8.06. The van der Waals surface area contributed by atoms with Crippen LogP contribution >= 0.6 is 0 Å². The normalized spacial score (nSPS) is 17.5. The first-order valence-electron chi connectivity index (χ1n) is 13.8. The van der Waals surface area contributed by atoms with E-state index in [2.05, 4.69) is 68.7 Å². The Balaban J connectivity index is 1.02. The van der Waals surface area contributed by atoms with Gasteiger partial charge in [-0.3, -0.25) is 14.6 Å². The number of benzene rings is 3. The first-order chi connectivity index (χ1) is 19.7. The van der Waals surface area contributed by atoms with E-state index in [1.807, 2.05) is 36.1 Å². The molecule has 40 heavy (non-hydrogen) atoms. The van der Waals surface area contributed by atoms with Crippen LogP contribution in [0.15, 0.2) is 86.8 Å². The van der Waals surface area contributed by atoms with Crippen molar-refractivity contribution < 1.29 is 8.83 Å². The van der Waals surface area contributed by atoms with E-state index in [0.717, 1.165) is 82.5 Å². The van der Waals surface area contributed by atoms with Gasteiger partial charge >= 0.3 is 0 Å². The van der Waals surface area contributed by atoms with E-state index < -0.39 is 0 Å². The fourth-order valence-electron chi connectivity index (χ4n) is 6.11. The van der Waals surface area contributed by atoms with Crippen molar-refractivity contribution in [1.82, 2.24) is 24.9 Å². The number of hydrogen-bond donors (Lipinski definition) is 0. The first-order valence-corrected chi connectivity index (χ1v) is 13.8. The molecule has 1 saturated heterocycles. The molecule has 2 aliphatic rings. The molecule has 8 nitrogen and oxygen atoms in total. The van der Waals surface area contributed by atoms with Crippen LogP contribution in [0.25, 0.3) is 33.3 Å². The van der Waals surface area contributed by atoms with Gasteiger partial charge in [-0.1, -0.05) is 30.3 Å². The van der Waals surface area contributed by atoms with Crippen LogP contribution in [0.1, 0.15) is 47.1 Å². The van der Waals surface area contributed by atoms with Gasteiger partial charge in [-0.25, -0.2) is 0 Å². The second kappa shape index (κ2) is 9.27. The average molecular weight is 529 g/mol. The number of piperidine rings is 1. The highest BCUT2D eigenvalue weighted by Crippen LogP contribution is 2.32. The summed E-state index contributed by atoms with van der Waals surface area (Å²) in [6.45, 7) is 3.36. The van der Waals surface area contributed by atoms with E-state index >= 15 is 0 Å². The lowest BCUT2D eigenvalue weighted by atomic mass is 9.97. The Hall–Kier alpha value is -4.56. The van der Waals surface area contributed by atoms with Gasteiger partial charge in [0.05, 0.1) is 30.2 Å². The summed E-state index contributed by atoms with van der Waals surface area (Å²) in [6, 6.07) is 23.0. The van der Waals surface area contributed by atoms with Gasteiger partial charge in [-0.05, 0) is 61.3 Å². The average Bonchev–Trinajstić information content (AvgIpc) is 3.76. The molecule has 0 spiro atoms. The first kappa shape index (κ1) is 23.3. The Kier molecular flexibility index (Phi) is 5.41. The Morgan fingerprint density at radius 2 is 1.85 bits per heavy atom. The molecule has 8 heteroatoms. The zero-order valence-corrected chi connectivity index (χ0v) is 22.2. The Morgan fingerprint density at radius 1 is 0.925 bits per heavy atom. The highest BCUT2D eigenvalue weighted by molar-refractivity contribution is 6.16. The Morgan fingerprint density at radius 3 is 2.80 bits per heavy atom. The number of fused-ring (bicyclic) bond motifs is 3. The second-order valence-electron chi connectivity index (χ2n) is 10.9. The summed E-state index contributed by atoms with van der Waals surface area (Å²) in [6.07, 6.45) is 4.16. The van der Waals surface area contributed by atoms with Crippen LogP contribution in [0.3, 0.4) is 0 Å². The van der Waals surface area contributed by atoms with E-state index in [9.17, 15) is 0 Å². The maximum Gasteiger partial charge on any atom is 0.247 e. The summed E-state index contributed by atoms with van der Waals surface area (Å²) >= 11 is 0. The highest BCUT2D eigenvalue weighted by atomic mass is 16.4. The standard InChI is InChI=1S/C32H28N6O2/c1-37-17-25-13-21(10-11-28(25)36-37)30-27-15-22(8-9-23(27)16-33-30)31-34-35-32(40-31)24-6-4-12-38(18-24)19-26-14-20-5-2-3-7-29(20)39-26/h2-3,5,7-11,13-15,17,24H,4,6,12,16,18-19H2,1H3/t24-/m1/s1. The van der Waals surface area contributed by atoms with Gasteiger partial charge in [-0.2, -0.15) is 5.10 Å². The molecule has 1 fully saturated rings. The van der Waals surface area contributed by atoms with Gasteiger partial charge in [0, 0.05) is 47.3 Å². The lowest BCUT2D eigenvalue weighted by Crippen LogP contribution is -2.33. The molecule has 0 amide bonds. The van der Waals surface area contributed by atoms with Crippen LogP contribution in [0, 0.1) is 0 Å². The van der Waals surface area contributed by atoms with Crippen LogP contribution in [0.4, 0.5) is 0 Å². The predicted octanol–water partition coefficient (Wildman–Crippen LogP) is 6.10. The summed E-state index contributed by atoms with van der Waals surface area (Å²) in [5.41, 5.74) is 7.26. The Labute approximate surface area is 230 Å². The van der Waals surface area contributed by atoms with E-state index in [-0.39, 0.29) is 5.92 Å². The molecule has 0 N–H and O–H groups in total. The number of likely N-dealkylation sites (tertiary alicyclic amines) is 1. The zero-order chi connectivity index (χ0) is 26.6. The molecular formula is C32H28N6O2. The van der Waals surface area contributed by atoms with Gasteiger partial charge in [0.25, 0.3) is 0 Å². The van der Waals surface area contributed by atoms with Crippen molar-refractivity contribution in [1.29, 1.82) is 0 Å². The molecule has 5 heterocycles. The summed E-state index contributed by atoms with van der Waals surface area (Å²) in [5, 5.41) is 15.7. The molecule has 0 radical (unpaired) electrons. The molecular weight excluding hydrogens is 500 g/mol. The Bertz CT molecular complexity index is 1880. The fraction of sp³-hybridized carbons (Fsp3) is 0.250. The van der Waals surface area contributed by atoms with Gasteiger partial charge in [0.1, 0.15) is 11.3 Å². The lowest BCUT2D eigenvalue weighted by Gasteiger charge is -2.30. The number of para-hydroxylation sites is 1. The van der Waals surface area contributed by atoms with Crippen molar-refractivity contribution in [3.05, 3.63) is 101 Å². The number of furan rings is 1. The largest absolute Gasteiger partial charge is 0.460 e. The molecule has 0 unspecified atom stereocenters. The minimum absolute atomic E-state index is 0.206. The molecule has 0 bridgehead atoms. The topological polar surface area (TPSA) is 85.5 Å². The van der Waals surface area contributed by atoms with Crippen LogP contribution in [0.5, 0.6) is 0 Å². The van der Waals surface area contributed by atoms with E-state index in [4.69, 9.17) is 13.8 Å². The van der Waals surface area contributed by atoms with Crippen molar-refractivity contribution in [2.45, 2.75) is 31.8 Å². The molecule has 198 valence electrons. The molecule has 3 aromatic heterocycles. The minimum Gasteiger partial charge on any atom is -0.460 e. The van der Waals surface area contributed by atoms with Gasteiger partial charge in [0.15, 0.2) is 0 Å². The third kappa shape index (κ3) is 4.12. The molecule has 0 saturated carbocycles. The van der Waals surface area contributed by atoms with Crippen LogP contribution in [-0.2, 0) is 20.1 Å². The quantitative estimate of drug-likeness (QED) is 0.269. The summed E-state index contributed by atoms with van der Waals surface area (Å²) < 4.78 is 14.2. The molecule has 3 aromatic carbocycles. The van der Waals surface area contributed by atoms with Crippen LogP contribution < -0.4 is 0 Å². The number of nitrogens with zero attached hydrogens (tertiary/aromatic N) is 6. The van der Waals surface area contributed by atoms with Crippen molar-refractivity contribution in [3.63, 3.8) is 0 Å². The summed E-state index contributed by atoms with van der Waals surface area (Å²) in [5.74, 6) is 2.46. The molecule has 1 atom stereocenters. The zero-order valence-electron chi connectivity index (χ0n) is 22.2. The predicted molar refractivity (Wildman–Crippen MR) is 153 cm³/mol. The smallest absolute Gasteiger partial charge is 0.247 e. The van der Waals surface area contributed by atoms with E-state index in [0.29, 0.717) is 18.3 Å². The molecule has 6 aromatic rings. The van der Waals surface area contributed by atoms with Gasteiger partial charge in [-0.15, -0.1) is 10.2 Å². The van der Waals surface area contributed by atoms with Crippen LogP contribution in [0.2, 0.25) is 0 Å². The minimum atomic E-state index is 0.206. The molecule has 2 aliphatic heterocycles. The molecule has 0 aliphatic carbocycles. The maximum absolute atomic E-state index is 6.29. The summed E-state index contributed by atoms with van der Waals surface area (Å²) in [4.78, 5) is 7.29. The van der Waals surface area contributed by atoms with Crippen molar-refractivity contribution in [3.8, 4) is 11.5 Å². The van der Waals surface area contributed by atoms with Crippen LogP contribution in [-0.4, -0.2) is 43.7 Å². The monoisotopic (exact) mass is 528 g/mol. The van der Waals surface area contributed by atoms with E-state index in [1.54, 1.807) is 0 Å². The fourth-order valence-corrected chi connectivity index (χ4v) is 6.11. The summed E-state index contributed by atoms with van der Waals surface area (Å²) in [7, 11) is 1.94. The number of aromatic nitrogens is 4. The van der Waals surface area contributed by atoms with Crippen molar-refractivity contribution in [2.24, 2.45) is 12.0 Å². The number of aryl methyl sites for hydroxylation is 1. The lowest BCUT2D eigenvalue weighted by molar-refractivity contribution is 0.176. The number of rotatable bonds is 5. The van der Waals surface area contributed by atoms with Gasteiger partial charge in [0.2, 0.25) is 11.8 Å². The second-order valence-corrected chi connectivity index (χ2v) is 10.9. The highest BCUT2D eigenvalue weighted by Gasteiger charge is 2.27. The SMILES string of the molecule is Cn1cc2cc(C3=NCc4ccc(-c5nnc([C@@H]6CCCN(Cc7cc8ccccc8o7)C6)o5)cc43)ccc2n1. The van der Waals surface area contributed by atoms with Gasteiger partial charge < -0.3 is 8.83 Å². The third-order valence-electron chi connectivity index (χ3n) is 8.06. The maximum atomic E-state index is 6.29. The number of aliphatic imine (C=N–C) groups is 1. The van der Waals surface area contributed by atoms with Crippen molar-refractivity contribution >= 4 is 27.6 Å².